The number of carbonyl (C=O) groups is 1. The van der Waals surface area contributed by atoms with E-state index in [1.54, 1.807) is 18.2 Å². The molecule has 0 radical (unpaired) electrons. The molecule has 1 aliphatic heterocycles. The zero-order chi connectivity index (χ0) is 12.3. The number of hydrogen-bond donors (Lipinski definition) is 0. The van der Waals surface area contributed by atoms with Crippen LogP contribution in [0.2, 0.25) is 0 Å². The zero-order valence-electron chi connectivity index (χ0n) is 9.91. The average Bonchev–Trinajstić information content (AvgIpc) is 2.35. The quantitative estimate of drug-likeness (QED) is 0.805. The topological polar surface area (TPSA) is 29.5 Å². The molecule has 1 fully saturated rings. The Morgan fingerprint density at radius 2 is 2.06 bits per heavy atom. The maximum absolute atomic E-state index is 13.9. The highest BCUT2D eigenvalue weighted by molar-refractivity contribution is 5.79. The molecule has 0 N–H and O–H groups in total. The minimum absolute atomic E-state index is 0.274. The third-order valence-electron chi connectivity index (χ3n) is 3.07. The number of hydrogen-bond acceptors (Lipinski definition) is 3. The molecule has 0 aliphatic carbocycles. The molecule has 1 aromatic carbocycles. The monoisotopic (exact) mass is 237 g/mol. The van der Waals surface area contributed by atoms with Crippen molar-refractivity contribution in [3.63, 3.8) is 0 Å². The van der Waals surface area contributed by atoms with Gasteiger partial charge in [0.1, 0.15) is 5.78 Å². The fourth-order valence-electron chi connectivity index (χ4n) is 2.04. The Hall–Kier alpha value is -1.42. The average molecular weight is 237 g/mol. The van der Waals surface area contributed by atoms with E-state index in [0.717, 1.165) is 13.1 Å². The lowest BCUT2D eigenvalue weighted by molar-refractivity contribution is -0.121. The molecule has 92 valence electrons. The van der Waals surface area contributed by atoms with Gasteiger partial charge in [0, 0.05) is 38.0 Å². The molecule has 4 heteroatoms. The van der Waals surface area contributed by atoms with Crippen molar-refractivity contribution in [1.29, 1.82) is 0 Å². The lowest BCUT2D eigenvalue weighted by Gasteiger charge is -2.26. The molecular formula is C13H16FNO2. The first-order chi connectivity index (χ1) is 8.20. The Morgan fingerprint density at radius 3 is 2.71 bits per heavy atom. The highest BCUT2D eigenvalue weighted by atomic mass is 19.1. The van der Waals surface area contributed by atoms with Crippen LogP contribution in [0.3, 0.4) is 0 Å². The minimum atomic E-state index is -0.299. The van der Waals surface area contributed by atoms with Gasteiger partial charge >= 0.3 is 0 Å². The Kier molecular flexibility index (Phi) is 3.74. The third kappa shape index (κ3) is 2.82. The number of methoxy groups -OCH3 is 1. The highest BCUT2D eigenvalue weighted by Crippen LogP contribution is 2.22. The summed E-state index contributed by atoms with van der Waals surface area (Å²) < 4.78 is 18.8. The summed E-state index contributed by atoms with van der Waals surface area (Å²) in [6.07, 6.45) is 1.15. The molecular weight excluding hydrogens is 221 g/mol. The number of benzene rings is 1. The van der Waals surface area contributed by atoms with Crippen molar-refractivity contribution in [2.24, 2.45) is 0 Å². The van der Waals surface area contributed by atoms with Crippen LogP contribution in [0.5, 0.6) is 5.75 Å². The molecule has 17 heavy (non-hydrogen) atoms. The van der Waals surface area contributed by atoms with Gasteiger partial charge in [-0.3, -0.25) is 9.69 Å². The first-order valence-corrected chi connectivity index (χ1v) is 5.76. The molecule has 0 aromatic heterocycles. The third-order valence-corrected chi connectivity index (χ3v) is 3.07. The fraction of sp³-hybridized carbons (Fsp3) is 0.462. The molecule has 0 spiro atoms. The van der Waals surface area contributed by atoms with Crippen molar-refractivity contribution < 1.29 is 13.9 Å². The van der Waals surface area contributed by atoms with Crippen LogP contribution in [0.15, 0.2) is 18.2 Å². The molecule has 3 nitrogen and oxygen atoms in total. The SMILES string of the molecule is COc1cccc(CN2CCC(=O)CC2)c1F. The summed E-state index contributed by atoms with van der Waals surface area (Å²) in [7, 11) is 1.46. The van der Waals surface area contributed by atoms with Gasteiger partial charge in [0.2, 0.25) is 0 Å². The minimum Gasteiger partial charge on any atom is -0.494 e. The normalized spacial score (nSPS) is 17.2. The molecule has 1 heterocycles. The van der Waals surface area contributed by atoms with E-state index in [4.69, 9.17) is 4.74 Å². The molecule has 2 rings (SSSR count). The standard InChI is InChI=1S/C13H16FNO2/c1-17-12-4-2-3-10(13(12)14)9-15-7-5-11(16)6-8-15/h2-4H,5-9H2,1H3. The zero-order valence-corrected chi connectivity index (χ0v) is 9.91. The summed E-state index contributed by atoms with van der Waals surface area (Å²) in [5, 5.41) is 0. The summed E-state index contributed by atoms with van der Waals surface area (Å²) >= 11 is 0. The summed E-state index contributed by atoms with van der Waals surface area (Å²) in [6.45, 7) is 1.97. The summed E-state index contributed by atoms with van der Waals surface area (Å²) in [5.41, 5.74) is 0.624. The smallest absolute Gasteiger partial charge is 0.169 e. The lowest BCUT2D eigenvalue weighted by Crippen LogP contribution is -2.33. The van der Waals surface area contributed by atoms with E-state index in [-0.39, 0.29) is 11.6 Å². The molecule has 0 bridgehead atoms. The van der Waals surface area contributed by atoms with Crippen LogP contribution in [0.4, 0.5) is 4.39 Å². The summed E-state index contributed by atoms with van der Waals surface area (Å²) in [6, 6.07) is 5.15. The van der Waals surface area contributed by atoms with Crippen molar-refractivity contribution in [2.45, 2.75) is 19.4 Å². The number of halogens is 1. The van der Waals surface area contributed by atoms with Gasteiger partial charge in [0.25, 0.3) is 0 Å². The van der Waals surface area contributed by atoms with Crippen molar-refractivity contribution in [2.75, 3.05) is 20.2 Å². The first-order valence-electron chi connectivity index (χ1n) is 5.76. The number of Topliss-reactive ketones (excluding diaryl/α,β-unsaturated/α-hetero) is 1. The van der Waals surface area contributed by atoms with Gasteiger partial charge in [-0.1, -0.05) is 12.1 Å². The number of likely N-dealkylation sites (tertiary alicyclic amines) is 1. The maximum Gasteiger partial charge on any atom is 0.169 e. The number of carbonyl (C=O) groups excluding carboxylic acids is 1. The van der Waals surface area contributed by atoms with Gasteiger partial charge in [-0.25, -0.2) is 4.39 Å². The molecule has 1 aromatic rings. The maximum atomic E-state index is 13.9. The van der Waals surface area contributed by atoms with Crippen LogP contribution >= 0.6 is 0 Å². The molecule has 0 unspecified atom stereocenters. The van der Waals surface area contributed by atoms with Crippen LogP contribution in [-0.2, 0) is 11.3 Å². The Morgan fingerprint density at radius 1 is 1.35 bits per heavy atom. The van der Waals surface area contributed by atoms with Gasteiger partial charge < -0.3 is 4.74 Å². The number of rotatable bonds is 3. The van der Waals surface area contributed by atoms with Crippen molar-refractivity contribution in [1.82, 2.24) is 4.90 Å². The number of nitrogens with zero attached hydrogens (tertiary/aromatic N) is 1. The van der Waals surface area contributed by atoms with Gasteiger partial charge in [0.05, 0.1) is 7.11 Å². The predicted molar refractivity (Wildman–Crippen MR) is 62.5 cm³/mol. The summed E-state index contributed by atoms with van der Waals surface area (Å²) in [5.74, 6) is 0.273. The van der Waals surface area contributed by atoms with Gasteiger partial charge in [0.15, 0.2) is 11.6 Å². The number of piperidine rings is 1. The van der Waals surface area contributed by atoms with Crippen molar-refractivity contribution >= 4 is 5.78 Å². The van der Waals surface area contributed by atoms with Gasteiger partial charge in [-0.15, -0.1) is 0 Å². The van der Waals surface area contributed by atoms with Crippen LogP contribution in [0.25, 0.3) is 0 Å². The van der Waals surface area contributed by atoms with E-state index in [0.29, 0.717) is 30.7 Å². The second-order valence-electron chi connectivity index (χ2n) is 4.25. The molecule has 0 saturated carbocycles. The Bertz CT molecular complexity index is 410. The summed E-state index contributed by atoms with van der Waals surface area (Å²) in [4.78, 5) is 13.2. The lowest BCUT2D eigenvalue weighted by atomic mass is 10.1. The Labute approximate surface area is 100 Å². The molecule has 0 atom stereocenters. The first kappa shape index (κ1) is 12.0. The van der Waals surface area contributed by atoms with E-state index < -0.39 is 0 Å². The number of ketones is 1. The highest BCUT2D eigenvalue weighted by Gasteiger charge is 2.18. The largest absolute Gasteiger partial charge is 0.494 e. The van der Waals surface area contributed by atoms with Gasteiger partial charge in [-0.05, 0) is 6.07 Å². The second-order valence-corrected chi connectivity index (χ2v) is 4.25. The van der Waals surface area contributed by atoms with Crippen LogP contribution < -0.4 is 4.74 Å². The van der Waals surface area contributed by atoms with E-state index in [1.165, 1.54) is 7.11 Å². The Balaban J connectivity index is 2.06. The van der Waals surface area contributed by atoms with E-state index >= 15 is 0 Å². The molecule has 0 amide bonds. The fourth-order valence-corrected chi connectivity index (χ4v) is 2.04. The number of ether oxygens (including phenoxy) is 1. The van der Waals surface area contributed by atoms with Crippen LogP contribution in [0, 0.1) is 5.82 Å². The molecule has 1 saturated heterocycles. The predicted octanol–water partition coefficient (Wildman–Crippen LogP) is 2.00. The van der Waals surface area contributed by atoms with E-state index in [9.17, 15) is 9.18 Å². The van der Waals surface area contributed by atoms with Crippen LogP contribution in [0.1, 0.15) is 18.4 Å². The van der Waals surface area contributed by atoms with Crippen molar-refractivity contribution in [3.8, 4) is 5.75 Å². The van der Waals surface area contributed by atoms with Crippen molar-refractivity contribution in [3.05, 3.63) is 29.6 Å². The second kappa shape index (κ2) is 5.27. The van der Waals surface area contributed by atoms with E-state index in [1.807, 2.05) is 0 Å². The van der Waals surface area contributed by atoms with E-state index in [2.05, 4.69) is 4.90 Å². The molecule has 1 aliphatic rings. The van der Waals surface area contributed by atoms with Crippen LogP contribution in [-0.4, -0.2) is 30.9 Å². The van der Waals surface area contributed by atoms with Gasteiger partial charge in [-0.2, -0.15) is 0 Å².